The number of aromatic nitrogens is 2. The second kappa shape index (κ2) is 4.18. The van der Waals surface area contributed by atoms with Gasteiger partial charge in [-0.2, -0.15) is 0 Å². The predicted octanol–water partition coefficient (Wildman–Crippen LogP) is 2.54. The molecule has 0 aliphatic heterocycles. The first-order valence-electron chi connectivity index (χ1n) is 4.94. The lowest BCUT2D eigenvalue weighted by molar-refractivity contribution is 0.630. The molecular formula is C11H10ClN3O2. The Morgan fingerprint density at radius 2 is 2.06 bits per heavy atom. The van der Waals surface area contributed by atoms with Gasteiger partial charge in [-0.1, -0.05) is 17.7 Å². The summed E-state index contributed by atoms with van der Waals surface area (Å²) in [6.45, 7) is 1.67. The molecule has 0 saturated heterocycles. The topological polar surface area (TPSA) is 56.4 Å². The zero-order valence-electron chi connectivity index (χ0n) is 9.35. The molecule has 2 rings (SSSR count). The van der Waals surface area contributed by atoms with Crippen molar-refractivity contribution in [1.29, 1.82) is 0 Å². The third-order valence-electron chi connectivity index (χ3n) is 2.67. The first-order chi connectivity index (χ1) is 8.06. The van der Waals surface area contributed by atoms with E-state index in [1.54, 1.807) is 42.9 Å². The van der Waals surface area contributed by atoms with E-state index in [-0.39, 0.29) is 5.69 Å². The third kappa shape index (κ3) is 1.78. The van der Waals surface area contributed by atoms with Gasteiger partial charge in [-0.3, -0.25) is 9.48 Å². The lowest BCUT2D eigenvalue weighted by atomic mass is 10.3. The van der Waals surface area contributed by atoms with Gasteiger partial charge in [0.25, 0.3) is 0 Å². The zero-order chi connectivity index (χ0) is 12.6. The predicted molar refractivity (Wildman–Crippen MR) is 66.2 cm³/mol. The van der Waals surface area contributed by atoms with E-state index >= 15 is 0 Å². The summed E-state index contributed by atoms with van der Waals surface area (Å²) in [5, 5.41) is 3.28. The Kier molecular flexibility index (Phi) is 2.85. The minimum atomic E-state index is -0.442. The van der Waals surface area contributed by atoms with E-state index in [1.807, 2.05) is 0 Å². The quantitative estimate of drug-likeness (QED) is 0.770. The Balaban J connectivity index is 2.77. The maximum Gasteiger partial charge on any atom is 0.301 e. The molecule has 0 aliphatic carbocycles. The van der Waals surface area contributed by atoms with Crippen LogP contribution in [-0.2, 0) is 7.05 Å². The number of halogens is 1. The van der Waals surface area contributed by atoms with Crippen LogP contribution < -0.4 is 5.56 Å². The summed E-state index contributed by atoms with van der Waals surface area (Å²) in [4.78, 5) is 22.6. The van der Waals surface area contributed by atoms with Gasteiger partial charge in [0.05, 0.1) is 11.4 Å². The molecule has 0 radical (unpaired) electrons. The highest BCUT2D eigenvalue weighted by atomic mass is 35.5. The molecule has 1 heterocycles. The van der Waals surface area contributed by atoms with Crippen molar-refractivity contribution in [2.45, 2.75) is 6.92 Å². The number of nitroso groups, excluding NO2 is 1. The molecule has 6 heteroatoms. The second-order valence-corrected chi connectivity index (χ2v) is 4.08. The molecule has 5 nitrogen and oxygen atoms in total. The van der Waals surface area contributed by atoms with Crippen molar-refractivity contribution in [3.05, 3.63) is 50.2 Å². The van der Waals surface area contributed by atoms with Gasteiger partial charge < -0.3 is 0 Å². The maximum atomic E-state index is 12.0. The van der Waals surface area contributed by atoms with Crippen molar-refractivity contribution in [2.24, 2.45) is 12.2 Å². The molecule has 88 valence electrons. The van der Waals surface area contributed by atoms with Gasteiger partial charge in [-0.05, 0) is 30.3 Å². The molecule has 2 aromatic rings. The monoisotopic (exact) mass is 251 g/mol. The van der Waals surface area contributed by atoms with E-state index in [0.717, 1.165) is 0 Å². The van der Waals surface area contributed by atoms with Crippen molar-refractivity contribution < 1.29 is 0 Å². The maximum absolute atomic E-state index is 12.0. The number of rotatable bonds is 2. The van der Waals surface area contributed by atoms with Crippen LogP contribution in [0.4, 0.5) is 5.69 Å². The molecule has 0 unspecified atom stereocenters. The van der Waals surface area contributed by atoms with Crippen molar-refractivity contribution in [3.8, 4) is 5.69 Å². The average molecular weight is 252 g/mol. The number of hydrogen-bond acceptors (Lipinski definition) is 3. The van der Waals surface area contributed by atoms with E-state index in [9.17, 15) is 9.70 Å². The van der Waals surface area contributed by atoms with Gasteiger partial charge in [0, 0.05) is 12.1 Å². The minimum Gasteiger partial charge on any atom is -0.283 e. The largest absolute Gasteiger partial charge is 0.301 e. The van der Waals surface area contributed by atoms with Crippen LogP contribution in [0.2, 0.25) is 5.02 Å². The SMILES string of the molecule is Cc1c(N=O)c(=O)n(-c2cccc(Cl)c2)n1C. The highest BCUT2D eigenvalue weighted by molar-refractivity contribution is 6.30. The van der Waals surface area contributed by atoms with Crippen LogP contribution in [0.25, 0.3) is 5.69 Å². The Hall–Kier alpha value is -1.88. The Morgan fingerprint density at radius 3 is 2.59 bits per heavy atom. The molecule has 1 aromatic carbocycles. The fourth-order valence-corrected chi connectivity index (χ4v) is 1.88. The van der Waals surface area contributed by atoms with Crippen LogP contribution in [-0.4, -0.2) is 9.36 Å². The van der Waals surface area contributed by atoms with Crippen LogP contribution in [0.1, 0.15) is 5.69 Å². The van der Waals surface area contributed by atoms with Crippen molar-refractivity contribution in [3.63, 3.8) is 0 Å². The molecular weight excluding hydrogens is 242 g/mol. The lowest BCUT2D eigenvalue weighted by Crippen LogP contribution is -2.19. The van der Waals surface area contributed by atoms with Gasteiger partial charge in [0.2, 0.25) is 0 Å². The van der Waals surface area contributed by atoms with Gasteiger partial charge in [0.1, 0.15) is 0 Å². The number of benzene rings is 1. The van der Waals surface area contributed by atoms with Crippen molar-refractivity contribution in [2.75, 3.05) is 0 Å². The molecule has 1 aromatic heterocycles. The van der Waals surface area contributed by atoms with Crippen molar-refractivity contribution in [1.82, 2.24) is 9.36 Å². The van der Waals surface area contributed by atoms with Crippen LogP contribution in [0.3, 0.4) is 0 Å². The molecule has 0 atom stereocenters. The first-order valence-corrected chi connectivity index (χ1v) is 5.32. The summed E-state index contributed by atoms with van der Waals surface area (Å²) in [6, 6.07) is 6.84. The fraction of sp³-hybridized carbons (Fsp3) is 0.182. The van der Waals surface area contributed by atoms with E-state index in [1.165, 1.54) is 4.68 Å². The molecule has 0 fully saturated rings. The molecule has 17 heavy (non-hydrogen) atoms. The first kappa shape index (κ1) is 11.6. The zero-order valence-corrected chi connectivity index (χ0v) is 10.1. The van der Waals surface area contributed by atoms with Gasteiger partial charge in [0.15, 0.2) is 5.69 Å². The normalized spacial score (nSPS) is 10.5. The lowest BCUT2D eigenvalue weighted by Gasteiger charge is -2.07. The number of nitrogens with zero attached hydrogens (tertiary/aromatic N) is 3. The molecule has 0 amide bonds. The van der Waals surface area contributed by atoms with E-state index in [2.05, 4.69) is 5.18 Å². The van der Waals surface area contributed by atoms with E-state index in [0.29, 0.717) is 16.4 Å². The summed E-state index contributed by atoms with van der Waals surface area (Å²) in [5.74, 6) is 0. The molecule has 0 spiro atoms. The van der Waals surface area contributed by atoms with E-state index < -0.39 is 5.56 Å². The Labute approximate surface area is 102 Å². The second-order valence-electron chi connectivity index (χ2n) is 3.65. The Bertz CT molecular complexity index is 643. The van der Waals surface area contributed by atoms with Crippen molar-refractivity contribution >= 4 is 17.3 Å². The molecule has 0 aliphatic rings. The van der Waals surface area contributed by atoms with Gasteiger partial charge in [-0.25, -0.2) is 4.68 Å². The van der Waals surface area contributed by atoms with Crippen LogP contribution in [0.5, 0.6) is 0 Å². The van der Waals surface area contributed by atoms with E-state index in [4.69, 9.17) is 11.6 Å². The summed E-state index contributed by atoms with van der Waals surface area (Å²) in [5.41, 5.74) is 0.600. The average Bonchev–Trinajstić information content (AvgIpc) is 2.50. The van der Waals surface area contributed by atoms with Gasteiger partial charge in [-0.15, -0.1) is 4.91 Å². The van der Waals surface area contributed by atoms with Gasteiger partial charge >= 0.3 is 5.56 Å². The molecule has 0 bridgehead atoms. The highest BCUT2D eigenvalue weighted by Crippen LogP contribution is 2.18. The summed E-state index contributed by atoms with van der Waals surface area (Å²) in [6.07, 6.45) is 0. The van der Waals surface area contributed by atoms with Crippen LogP contribution in [0, 0.1) is 11.8 Å². The molecule has 0 N–H and O–H groups in total. The smallest absolute Gasteiger partial charge is 0.283 e. The molecule has 0 saturated carbocycles. The summed E-state index contributed by atoms with van der Waals surface area (Å²) in [7, 11) is 1.69. The highest BCUT2D eigenvalue weighted by Gasteiger charge is 2.16. The summed E-state index contributed by atoms with van der Waals surface area (Å²) >= 11 is 5.87. The fourth-order valence-electron chi connectivity index (χ4n) is 1.70. The standard InChI is InChI=1S/C11H10ClN3O2/c1-7-10(13-17)11(16)15(14(7)2)9-5-3-4-8(12)6-9/h3-6H,1-2H3. The Morgan fingerprint density at radius 1 is 1.35 bits per heavy atom. The van der Waals surface area contributed by atoms with Crippen LogP contribution >= 0.6 is 11.6 Å². The number of hydrogen-bond donors (Lipinski definition) is 0. The minimum absolute atomic E-state index is 0.0764. The third-order valence-corrected chi connectivity index (χ3v) is 2.90. The van der Waals surface area contributed by atoms with Crippen LogP contribution in [0.15, 0.2) is 34.2 Å². The summed E-state index contributed by atoms with van der Waals surface area (Å²) < 4.78 is 2.93.